The van der Waals surface area contributed by atoms with E-state index in [1.807, 2.05) is 6.92 Å². The molecule has 2 aromatic rings. The van der Waals surface area contributed by atoms with Gasteiger partial charge in [-0.3, -0.25) is 9.48 Å². The van der Waals surface area contributed by atoms with Crippen molar-refractivity contribution in [3.8, 4) is 0 Å². The largest absolute Gasteiger partial charge is 0.339 e. The summed E-state index contributed by atoms with van der Waals surface area (Å²) >= 11 is 0. The third-order valence-electron chi connectivity index (χ3n) is 2.61. The fourth-order valence-electron chi connectivity index (χ4n) is 1.49. The van der Waals surface area contributed by atoms with Crippen LogP contribution in [0.25, 0.3) is 0 Å². The highest BCUT2D eigenvalue weighted by atomic mass is 16.5. The molecule has 0 aliphatic carbocycles. The lowest BCUT2D eigenvalue weighted by Crippen LogP contribution is -2.27. The van der Waals surface area contributed by atoms with Crippen molar-refractivity contribution in [3.05, 3.63) is 29.2 Å². The third-order valence-corrected chi connectivity index (χ3v) is 2.61. The van der Waals surface area contributed by atoms with Gasteiger partial charge in [-0.2, -0.15) is 10.1 Å². The van der Waals surface area contributed by atoms with Gasteiger partial charge in [0.15, 0.2) is 5.82 Å². The second-order valence-electron chi connectivity index (χ2n) is 4.17. The Morgan fingerprint density at radius 2 is 2.22 bits per heavy atom. The summed E-state index contributed by atoms with van der Waals surface area (Å²) in [6, 6.07) is 1.38. The summed E-state index contributed by atoms with van der Waals surface area (Å²) in [7, 11) is 1.79. The zero-order chi connectivity index (χ0) is 13.3. The van der Waals surface area contributed by atoms with Crippen molar-refractivity contribution in [2.75, 3.05) is 0 Å². The van der Waals surface area contributed by atoms with Crippen LogP contribution in [0.1, 0.15) is 40.9 Å². The summed E-state index contributed by atoms with van der Waals surface area (Å²) in [5.74, 6) is 0.662. The number of carbonyl (C=O) groups excluding carboxylic acids is 1. The minimum atomic E-state index is -0.346. The van der Waals surface area contributed by atoms with Crippen molar-refractivity contribution in [2.24, 2.45) is 7.05 Å². The standard InChI is InChI=1S/C11H15N5O2/c1-6-5-9(14-16(6)4)10(17)12-7(2)11-13-8(3)15-18-11/h5,7H,1-4H3,(H,12,17)/t7-/m1/s1. The molecule has 0 spiro atoms. The van der Waals surface area contributed by atoms with Crippen molar-refractivity contribution in [3.63, 3.8) is 0 Å². The molecule has 0 unspecified atom stereocenters. The first kappa shape index (κ1) is 12.3. The number of hydrogen-bond acceptors (Lipinski definition) is 5. The number of hydrogen-bond donors (Lipinski definition) is 1. The molecule has 0 aromatic carbocycles. The van der Waals surface area contributed by atoms with Gasteiger partial charge in [0.05, 0.1) is 0 Å². The van der Waals surface area contributed by atoms with Crippen LogP contribution in [0.4, 0.5) is 0 Å². The Morgan fingerprint density at radius 1 is 1.50 bits per heavy atom. The summed E-state index contributed by atoms with van der Waals surface area (Å²) in [5, 5.41) is 10.5. The van der Waals surface area contributed by atoms with Gasteiger partial charge in [-0.1, -0.05) is 5.16 Å². The normalized spacial score (nSPS) is 12.4. The van der Waals surface area contributed by atoms with Crippen LogP contribution in [0.5, 0.6) is 0 Å². The molecule has 18 heavy (non-hydrogen) atoms. The Labute approximate surface area is 104 Å². The first-order chi connectivity index (χ1) is 8.47. The molecule has 0 aliphatic rings. The maximum atomic E-state index is 11.9. The van der Waals surface area contributed by atoms with E-state index in [9.17, 15) is 4.79 Å². The Kier molecular flexibility index (Phi) is 3.14. The minimum absolute atomic E-state index is 0.262. The lowest BCUT2D eigenvalue weighted by atomic mass is 10.3. The Bertz CT molecular complexity index is 552. The molecule has 2 rings (SSSR count). The summed E-state index contributed by atoms with van der Waals surface area (Å²) in [4.78, 5) is 16.0. The summed E-state index contributed by atoms with van der Waals surface area (Å²) in [5.41, 5.74) is 1.29. The van der Waals surface area contributed by atoms with E-state index in [2.05, 4.69) is 20.6 Å². The van der Waals surface area contributed by atoms with E-state index in [4.69, 9.17) is 4.52 Å². The maximum absolute atomic E-state index is 11.9. The molecule has 0 radical (unpaired) electrons. The molecule has 0 fully saturated rings. The van der Waals surface area contributed by atoms with E-state index in [1.54, 1.807) is 31.6 Å². The number of nitrogens with one attached hydrogen (secondary N) is 1. The summed E-state index contributed by atoms with van der Waals surface area (Å²) < 4.78 is 6.64. The van der Waals surface area contributed by atoms with Gasteiger partial charge >= 0.3 is 0 Å². The summed E-state index contributed by atoms with van der Waals surface area (Å²) in [6.07, 6.45) is 0. The van der Waals surface area contributed by atoms with Gasteiger partial charge in [0, 0.05) is 12.7 Å². The second-order valence-corrected chi connectivity index (χ2v) is 4.17. The Balaban J connectivity index is 2.07. The monoisotopic (exact) mass is 249 g/mol. The fourth-order valence-corrected chi connectivity index (χ4v) is 1.49. The van der Waals surface area contributed by atoms with Crippen LogP contribution < -0.4 is 5.32 Å². The van der Waals surface area contributed by atoms with Gasteiger partial charge in [-0.05, 0) is 26.8 Å². The molecular formula is C11H15N5O2. The van der Waals surface area contributed by atoms with Gasteiger partial charge < -0.3 is 9.84 Å². The molecule has 0 saturated carbocycles. The number of amides is 1. The molecule has 0 bridgehead atoms. The minimum Gasteiger partial charge on any atom is -0.339 e. The summed E-state index contributed by atoms with van der Waals surface area (Å²) in [6.45, 7) is 5.39. The molecule has 96 valence electrons. The molecule has 2 aromatic heterocycles. The van der Waals surface area contributed by atoms with Crippen molar-refractivity contribution in [2.45, 2.75) is 26.8 Å². The van der Waals surface area contributed by atoms with E-state index in [1.165, 1.54) is 0 Å². The van der Waals surface area contributed by atoms with Gasteiger partial charge in [0.2, 0.25) is 5.89 Å². The maximum Gasteiger partial charge on any atom is 0.272 e. The lowest BCUT2D eigenvalue weighted by Gasteiger charge is -2.07. The molecule has 0 aliphatic heterocycles. The van der Waals surface area contributed by atoms with Crippen LogP contribution in [0.3, 0.4) is 0 Å². The van der Waals surface area contributed by atoms with Crippen molar-refractivity contribution >= 4 is 5.91 Å². The van der Waals surface area contributed by atoms with Gasteiger partial charge in [-0.15, -0.1) is 0 Å². The highest BCUT2D eigenvalue weighted by Gasteiger charge is 2.18. The van der Waals surface area contributed by atoms with Crippen LogP contribution in [0.2, 0.25) is 0 Å². The average molecular weight is 249 g/mol. The van der Waals surface area contributed by atoms with Crippen molar-refractivity contribution in [1.82, 2.24) is 25.2 Å². The van der Waals surface area contributed by atoms with Gasteiger partial charge in [0.25, 0.3) is 5.91 Å². The zero-order valence-electron chi connectivity index (χ0n) is 10.8. The number of nitrogens with zero attached hydrogens (tertiary/aromatic N) is 4. The number of aryl methyl sites for hydroxylation is 3. The number of carbonyl (C=O) groups is 1. The predicted molar refractivity (Wildman–Crippen MR) is 62.9 cm³/mol. The number of rotatable bonds is 3. The molecular weight excluding hydrogens is 234 g/mol. The highest BCUT2D eigenvalue weighted by Crippen LogP contribution is 2.10. The van der Waals surface area contributed by atoms with Gasteiger partial charge in [0.1, 0.15) is 11.7 Å². The van der Waals surface area contributed by atoms with Crippen molar-refractivity contribution < 1.29 is 9.32 Å². The van der Waals surface area contributed by atoms with E-state index >= 15 is 0 Å². The number of aromatic nitrogens is 4. The topological polar surface area (TPSA) is 85.8 Å². The molecule has 0 saturated heterocycles. The first-order valence-corrected chi connectivity index (χ1v) is 5.59. The molecule has 7 heteroatoms. The smallest absolute Gasteiger partial charge is 0.272 e. The van der Waals surface area contributed by atoms with E-state index in [0.717, 1.165) is 5.69 Å². The van der Waals surface area contributed by atoms with Gasteiger partial charge in [-0.25, -0.2) is 0 Å². The molecule has 1 atom stereocenters. The molecule has 1 N–H and O–H groups in total. The lowest BCUT2D eigenvalue weighted by molar-refractivity contribution is 0.0926. The zero-order valence-corrected chi connectivity index (χ0v) is 10.8. The van der Waals surface area contributed by atoms with Crippen molar-refractivity contribution in [1.29, 1.82) is 0 Å². The fraction of sp³-hybridized carbons (Fsp3) is 0.455. The van der Waals surface area contributed by atoms with Crippen LogP contribution in [0.15, 0.2) is 10.6 Å². The third kappa shape index (κ3) is 2.39. The van der Waals surface area contributed by atoms with E-state index in [-0.39, 0.29) is 11.9 Å². The second kappa shape index (κ2) is 4.59. The van der Waals surface area contributed by atoms with E-state index in [0.29, 0.717) is 17.4 Å². The molecule has 1 amide bonds. The van der Waals surface area contributed by atoms with Crippen LogP contribution in [0, 0.1) is 13.8 Å². The quantitative estimate of drug-likeness (QED) is 0.873. The highest BCUT2D eigenvalue weighted by molar-refractivity contribution is 5.92. The van der Waals surface area contributed by atoms with E-state index < -0.39 is 0 Å². The van der Waals surface area contributed by atoms with Crippen LogP contribution in [-0.2, 0) is 7.05 Å². The average Bonchev–Trinajstić information content (AvgIpc) is 2.86. The SMILES string of the molecule is Cc1noc([C@@H](C)NC(=O)c2cc(C)n(C)n2)n1. The molecule has 2 heterocycles. The molecule has 7 nitrogen and oxygen atoms in total. The first-order valence-electron chi connectivity index (χ1n) is 5.59. The van der Waals surface area contributed by atoms with Crippen LogP contribution in [-0.4, -0.2) is 25.8 Å². The Hall–Kier alpha value is -2.18. The Morgan fingerprint density at radius 3 is 2.72 bits per heavy atom. The predicted octanol–water partition coefficient (Wildman–Crippen LogP) is 0.911. The van der Waals surface area contributed by atoms with Crippen LogP contribution >= 0.6 is 0 Å².